The lowest BCUT2D eigenvalue weighted by Crippen LogP contribution is -2.30. The van der Waals surface area contributed by atoms with Gasteiger partial charge in [-0.15, -0.1) is 0 Å². The lowest BCUT2D eigenvalue weighted by atomic mass is 9.99. The minimum absolute atomic E-state index is 0.0829. The summed E-state index contributed by atoms with van der Waals surface area (Å²) in [6.07, 6.45) is 38.6. The Morgan fingerprint density at radius 3 is 1.52 bits per heavy atom. The summed E-state index contributed by atoms with van der Waals surface area (Å²) < 4.78 is 47.9. The molecule has 16 heteroatoms. The number of unbranched alkanes of at least 4 members (excludes halogenated alkanes) is 24. The largest absolute Gasteiger partial charge is 0.472 e. The van der Waals surface area contributed by atoms with Gasteiger partial charge in [-0.25, -0.2) is 9.13 Å². The van der Waals surface area contributed by atoms with E-state index in [4.69, 9.17) is 28.3 Å². The van der Waals surface area contributed by atoms with E-state index >= 15 is 0 Å². The normalized spacial score (nSPS) is 14.4. The number of phosphoric acid groups is 2. The van der Waals surface area contributed by atoms with Crippen molar-refractivity contribution in [2.24, 2.45) is 5.92 Å². The van der Waals surface area contributed by atoms with Crippen LogP contribution in [0.2, 0.25) is 0 Å². The van der Waals surface area contributed by atoms with Gasteiger partial charge in [0.05, 0.1) is 19.8 Å². The van der Waals surface area contributed by atoms with Gasteiger partial charge in [-0.05, 0) is 44.1 Å². The van der Waals surface area contributed by atoms with Gasteiger partial charge in [-0.3, -0.25) is 28.0 Å². The number of aliphatic hydroxyl groups is 1. The summed E-state index contributed by atoms with van der Waals surface area (Å²) in [4.78, 5) is 64.7. The number of aliphatic hydroxyl groups excluding tert-OH is 1. The molecule has 4 N–H and O–H groups in total. The van der Waals surface area contributed by atoms with Gasteiger partial charge in [-0.2, -0.15) is 0 Å². The van der Waals surface area contributed by atoms with Gasteiger partial charge in [0.1, 0.15) is 12.7 Å². The van der Waals surface area contributed by atoms with Crippen molar-refractivity contribution in [1.29, 1.82) is 0 Å². The Balaban J connectivity index is 4.40. The van der Waals surface area contributed by atoms with Crippen molar-refractivity contribution in [3.63, 3.8) is 0 Å². The van der Waals surface area contributed by atoms with E-state index in [2.05, 4.69) is 25.3 Å². The molecular weight excluding hydrogens is 874 g/mol. The van der Waals surface area contributed by atoms with Crippen LogP contribution in [-0.2, 0) is 46.6 Å². The zero-order valence-electron chi connectivity index (χ0n) is 40.8. The van der Waals surface area contributed by atoms with Crippen molar-refractivity contribution < 1.29 is 66.3 Å². The van der Waals surface area contributed by atoms with E-state index in [0.717, 1.165) is 76.5 Å². The molecule has 0 amide bonds. The molecule has 2 unspecified atom stereocenters. The molecule has 0 spiro atoms. The molecule has 0 aromatic carbocycles. The van der Waals surface area contributed by atoms with E-state index in [1.165, 1.54) is 103 Å². The minimum Gasteiger partial charge on any atom is -0.462 e. The quantitative estimate of drug-likeness (QED) is 0.0147. The van der Waals surface area contributed by atoms with Crippen LogP contribution in [-0.4, -0.2) is 76.1 Å². The Bertz CT molecular complexity index is 1320. The molecule has 0 saturated carbocycles. The zero-order valence-corrected chi connectivity index (χ0v) is 42.6. The van der Waals surface area contributed by atoms with Crippen LogP contribution in [0.4, 0.5) is 0 Å². The molecule has 0 radical (unpaired) electrons. The number of phosphoric ester groups is 2. The highest BCUT2D eigenvalue weighted by Crippen LogP contribution is 2.44. The second-order valence-corrected chi connectivity index (χ2v) is 20.4. The lowest BCUT2D eigenvalue weighted by Gasteiger charge is -2.20. The van der Waals surface area contributed by atoms with Crippen LogP contribution < -0.4 is 0 Å². The Kier molecular flexibility index (Phi) is 42.4. The Hall–Kier alpha value is -1.73. The first-order valence-corrected chi connectivity index (χ1v) is 28.4. The molecule has 0 aliphatic heterocycles. The smallest absolute Gasteiger partial charge is 0.462 e. The van der Waals surface area contributed by atoms with Crippen LogP contribution in [0.25, 0.3) is 0 Å². The van der Waals surface area contributed by atoms with Gasteiger partial charge < -0.3 is 29.3 Å². The van der Waals surface area contributed by atoms with E-state index in [9.17, 15) is 33.5 Å². The van der Waals surface area contributed by atoms with Crippen molar-refractivity contribution >= 4 is 33.4 Å². The molecule has 0 bridgehead atoms. The summed E-state index contributed by atoms with van der Waals surface area (Å²) >= 11 is 0. The topological polar surface area (TPSA) is 212 Å². The first-order chi connectivity index (χ1) is 31.2. The van der Waals surface area contributed by atoms with E-state index < -0.39 is 66.2 Å². The number of carbonyl (C=O) groups excluding carboxylic acids is 3. The molecule has 0 saturated heterocycles. The molecule has 0 aliphatic carbocycles. The number of esters is 2. The third-order valence-corrected chi connectivity index (χ3v) is 12.8. The third kappa shape index (κ3) is 47.1. The summed E-state index contributed by atoms with van der Waals surface area (Å²) in [5.41, 5.74) is 0. The maximum absolute atomic E-state index is 12.7. The van der Waals surface area contributed by atoms with Gasteiger partial charge >= 0.3 is 27.6 Å². The van der Waals surface area contributed by atoms with Crippen LogP contribution in [0, 0.1) is 5.92 Å². The summed E-state index contributed by atoms with van der Waals surface area (Å²) in [6, 6.07) is 0. The zero-order chi connectivity index (χ0) is 48.3. The summed E-state index contributed by atoms with van der Waals surface area (Å²) in [7, 11) is -9.70. The molecule has 0 aromatic heterocycles. The van der Waals surface area contributed by atoms with Crippen molar-refractivity contribution in [3.05, 3.63) is 24.3 Å². The maximum atomic E-state index is 12.7. The van der Waals surface area contributed by atoms with Gasteiger partial charge in [0.25, 0.3) is 0 Å². The fourth-order valence-electron chi connectivity index (χ4n) is 7.07. The predicted molar refractivity (Wildman–Crippen MR) is 258 cm³/mol. The van der Waals surface area contributed by atoms with Gasteiger partial charge in [-0.1, -0.05) is 193 Å². The molecule has 0 aromatic rings. The predicted octanol–water partition coefficient (Wildman–Crippen LogP) is 12.9. The van der Waals surface area contributed by atoms with Crippen molar-refractivity contribution in [1.82, 2.24) is 0 Å². The highest BCUT2D eigenvalue weighted by atomic mass is 31.2. The average molecular weight is 967 g/mol. The monoisotopic (exact) mass is 967 g/mol. The first kappa shape index (κ1) is 63.3. The number of rotatable bonds is 48. The molecule has 382 valence electrons. The summed E-state index contributed by atoms with van der Waals surface area (Å²) in [5.74, 6) is -0.0535. The number of ether oxygens (including phenoxy) is 2. The van der Waals surface area contributed by atoms with Crippen molar-refractivity contribution in [2.45, 2.75) is 238 Å². The second kappa shape index (κ2) is 43.5. The standard InChI is InChI=1S/C49H92O14P2/c1-4-6-30-36-45(50)37-32-27-23-19-17-21-25-29-34-39-49(53)63-47(43-62-65(57,58)61-41-46(51)40-60-64(54,55)56)42-59-48(52)38-33-28-24-20-16-14-12-10-8-7-9-11-13-15-18-22-26-31-35-44(3)5-2/h23,27,32,37,44,46-47,51H,4-22,24-26,28-31,33-36,38-43H2,1-3H3,(H,57,58)(H2,54,55,56)/b27-23-,37-32+/t44?,46-,47+/m0/s1. The molecule has 0 heterocycles. The highest BCUT2D eigenvalue weighted by molar-refractivity contribution is 7.47. The van der Waals surface area contributed by atoms with Crippen LogP contribution >= 0.6 is 15.6 Å². The number of allylic oxidation sites excluding steroid dienone is 4. The first-order valence-electron chi connectivity index (χ1n) is 25.4. The fourth-order valence-corrected chi connectivity index (χ4v) is 8.23. The molecule has 14 nitrogen and oxygen atoms in total. The molecule has 0 aliphatic rings. The molecular formula is C49H92O14P2. The number of hydrogen-bond donors (Lipinski definition) is 4. The fraction of sp³-hybridized carbons (Fsp3) is 0.857. The van der Waals surface area contributed by atoms with E-state index in [1.807, 2.05) is 12.2 Å². The Labute approximate surface area is 393 Å². The number of carbonyl (C=O) groups is 3. The van der Waals surface area contributed by atoms with Crippen molar-refractivity contribution in [2.75, 3.05) is 26.4 Å². The third-order valence-electron chi connectivity index (χ3n) is 11.3. The Morgan fingerprint density at radius 1 is 0.538 bits per heavy atom. The van der Waals surface area contributed by atoms with Crippen molar-refractivity contribution in [3.8, 4) is 0 Å². The maximum Gasteiger partial charge on any atom is 0.472 e. The van der Waals surface area contributed by atoms with Crippen LogP contribution in [0.15, 0.2) is 24.3 Å². The summed E-state index contributed by atoms with van der Waals surface area (Å²) in [6.45, 7) is 3.98. The molecule has 4 atom stereocenters. The number of ketones is 1. The van der Waals surface area contributed by atoms with Crippen LogP contribution in [0.1, 0.15) is 226 Å². The molecule has 0 rings (SSSR count). The van der Waals surface area contributed by atoms with Gasteiger partial charge in [0.15, 0.2) is 11.9 Å². The second-order valence-electron chi connectivity index (χ2n) is 17.7. The Morgan fingerprint density at radius 2 is 1.00 bits per heavy atom. The van der Waals surface area contributed by atoms with E-state index in [-0.39, 0.29) is 18.6 Å². The van der Waals surface area contributed by atoms with E-state index in [0.29, 0.717) is 19.3 Å². The van der Waals surface area contributed by atoms with E-state index in [1.54, 1.807) is 12.2 Å². The lowest BCUT2D eigenvalue weighted by molar-refractivity contribution is -0.161. The highest BCUT2D eigenvalue weighted by Gasteiger charge is 2.28. The van der Waals surface area contributed by atoms with Gasteiger partial charge in [0.2, 0.25) is 0 Å². The molecule has 0 fully saturated rings. The molecule has 65 heavy (non-hydrogen) atoms. The SMILES string of the molecule is CCCCCC(=O)/C=C/C=C\CCCCCCCC(=O)O[C@H](COC(=O)CCCCCCCCCCCCCCCCCCCCC(C)CC)COP(=O)(O)OC[C@@H](O)COP(=O)(O)O. The van der Waals surface area contributed by atoms with Crippen LogP contribution in [0.3, 0.4) is 0 Å². The van der Waals surface area contributed by atoms with Crippen LogP contribution in [0.5, 0.6) is 0 Å². The van der Waals surface area contributed by atoms with Gasteiger partial charge in [0, 0.05) is 19.3 Å². The minimum atomic E-state index is -4.88. The summed E-state index contributed by atoms with van der Waals surface area (Å²) in [5, 5.41) is 9.77. The average Bonchev–Trinajstić information content (AvgIpc) is 3.26. The number of hydrogen-bond acceptors (Lipinski definition) is 11.